The van der Waals surface area contributed by atoms with E-state index in [1.54, 1.807) is 0 Å². The SMILES string of the molecule is COC(=O)CC[C@@H](C)[C@H]1CC[C@H]2[C@H]3[C@H](C[C@H](O)[C@]12C)[C@@]1(C)CC[C@](O)(OCCN=[N+]=[N-])C[C@H]1CC3(O)O. The molecule has 0 amide bonds. The zero-order chi connectivity index (χ0) is 27.2. The molecule has 4 saturated carbocycles. The quantitative estimate of drug-likeness (QED) is 0.0943. The molecule has 0 radical (unpaired) electrons. The molecule has 37 heavy (non-hydrogen) atoms. The number of aliphatic hydroxyl groups excluding tert-OH is 1. The van der Waals surface area contributed by atoms with Crippen LogP contribution in [0.4, 0.5) is 0 Å². The zero-order valence-corrected chi connectivity index (χ0v) is 22.7. The van der Waals surface area contributed by atoms with Gasteiger partial charge in [-0.25, -0.2) is 0 Å². The number of carbonyl (C=O) groups excluding carboxylic acids is 1. The first kappa shape index (κ1) is 28.6. The Morgan fingerprint density at radius 2 is 1.89 bits per heavy atom. The van der Waals surface area contributed by atoms with E-state index in [0.29, 0.717) is 32.1 Å². The average molecular weight is 524 g/mol. The van der Waals surface area contributed by atoms with E-state index in [-0.39, 0.29) is 72.9 Å². The minimum absolute atomic E-state index is 0.0412. The lowest BCUT2D eigenvalue weighted by molar-refractivity contribution is -0.333. The van der Waals surface area contributed by atoms with Gasteiger partial charge in [-0.05, 0) is 78.1 Å². The molecule has 0 unspecified atom stereocenters. The maximum Gasteiger partial charge on any atom is 0.305 e. The smallest absolute Gasteiger partial charge is 0.305 e. The summed E-state index contributed by atoms with van der Waals surface area (Å²) in [6.07, 6.45) is 4.13. The van der Waals surface area contributed by atoms with Crippen LogP contribution in [-0.2, 0) is 14.3 Å². The highest BCUT2D eigenvalue weighted by Crippen LogP contribution is 2.70. The van der Waals surface area contributed by atoms with Gasteiger partial charge in [-0.15, -0.1) is 0 Å². The lowest BCUT2D eigenvalue weighted by Crippen LogP contribution is -2.67. The molecular weight excluding hydrogens is 478 g/mol. The lowest BCUT2D eigenvalue weighted by atomic mass is 9.42. The van der Waals surface area contributed by atoms with Crippen molar-refractivity contribution in [1.82, 2.24) is 0 Å². The van der Waals surface area contributed by atoms with Gasteiger partial charge in [0.1, 0.15) is 0 Å². The second-order valence-electron chi connectivity index (χ2n) is 12.9. The van der Waals surface area contributed by atoms with Gasteiger partial charge in [0.15, 0.2) is 11.6 Å². The van der Waals surface area contributed by atoms with Crippen LogP contribution in [0.1, 0.15) is 78.6 Å². The summed E-state index contributed by atoms with van der Waals surface area (Å²) < 4.78 is 10.5. The third-order valence-electron chi connectivity index (χ3n) is 11.3. The van der Waals surface area contributed by atoms with Gasteiger partial charge in [-0.1, -0.05) is 25.9 Å². The molecule has 4 N–H and O–H groups in total. The molecule has 4 rings (SSSR count). The van der Waals surface area contributed by atoms with Gasteiger partial charge in [0.2, 0.25) is 0 Å². The number of rotatable bonds is 8. The number of hydrogen-bond donors (Lipinski definition) is 4. The van der Waals surface area contributed by atoms with Crippen LogP contribution in [0.25, 0.3) is 10.4 Å². The Labute approximate surface area is 219 Å². The van der Waals surface area contributed by atoms with Gasteiger partial charge in [-0.3, -0.25) is 4.79 Å². The van der Waals surface area contributed by atoms with Crippen molar-refractivity contribution in [2.24, 2.45) is 51.5 Å². The van der Waals surface area contributed by atoms with E-state index in [0.717, 1.165) is 12.8 Å². The molecule has 4 aliphatic carbocycles. The molecule has 210 valence electrons. The van der Waals surface area contributed by atoms with Crippen LogP contribution in [0.5, 0.6) is 0 Å². The number of esters is 1. The van der Waals surface area contributed by atoms with Crippen molar-refractivity contribution in [3.8, 4) is 0 Å². The van der Waals surface area contributed by atoms with Crippen LogP contribution < -0.4 is 0 Å². The molecule has 4 aliphatic rings. The number of carbonyl (C=O) groups is 1. The van der Waals surface area contributed by atoms with Crippen LogP contribution in [0.15, 0.2) is 5.11 Å². The van der Waals surface area contributed by atoms with E-state index < -0.39 is 23.1 Å². The molecule has 0 aromatic carbocycles. The number of aliphatic hydroxyl groups is 4. The van der Waals surface area contributed by atoms with Crippen LogP contribution in [-0.4, -0.2) is 64.3 Å². The molecule has 10 nitrogen and oxygen atoms in total. The fraction of sp³-hybridized carbons (Fsp3) is 0.963. The fourth-order valence-corrected chi connectivity index (χ4v) is 9.24. The molecule has 4 fully saturated rings. The predicted octanol–water partition coefficient (Wildman–Crippen LogP) is 3.51. The van der Waals surface area contributed by atoms with Crippen molar-refractivity contribution >= 4 is 5.97 Å². The molecule has 10 atom stereocenters. The highest BCUT2D eigenvalue weighted by atomic mass is 16.6. The van der Waals surface area contributed by atoms with Gasteiger partial charge in [0.25, 0.3) is 0 Å². The summed E-state index contributed by atoms with van der Waals surface area (Å²) >= 11 is 0. The summed E-state index contributed by atoms with van der Waals surface area (Å²) in [5, 5.41) is 49.4. The fourth-order valence-electron chi connectivity index (χ4n) is 9.24. The van der Waals surface area contributed by atoms with Gasteiger partial charge in [0.05, 0.1) is 19.8 Å². The van der Waals surface area contributed by atoms with Gasteiger partial charge >= 0.3 is 5.97 Å². The molecule has 10 heteroatoms. The third kappa shape index (κ3) is 4.90. The minimum Gasteiger partial charge on any atom is -0.469 e. The van der Waals surface area contributed by atoms with Crippen molar-refractivity contribution in [3.05, 3.63) is 10.4 Å². The van der Waals surface area contributed by atoms with E-state index in [1.807, 2.05) is 0 Å². The molecular formula is C27H45N3O7. The summed E-state index contributed by atoms with van der Waals surface area (Å²) in [6, 6.07) is 0. The molecule has 0 bridgehead atoms. The van der Waals surface area contributed by atoms with Crippen LogP contribution in [0.2, 0.25) is 0 Å². The standard InChI is InChI=1S/C27H45N3O7/c1-16(5-8-22(32)36-4)18-6-7-19-23-20(13-21(31)25(18,19)3)24(2)9-10-26(33,37-12-11-29-30-28)14-17(24)15-27(23,34)35/h16-21,23,31,33-35H,5-15H2,1-4H3/t16-,17+,18-,19+,20+,21+,23+,24+,25-,26+/m1/s1. The van der Waals surface area contributed by atoms with E-state index in [9.17, 15) is 25.2 Å². The summed E-state index contributed by atoms with van der Waals surface area (Å²) in [5.41, 5.74) is 7.75. The first-order valence-corrected chi connectivity index (χ1v) is 13.9. The highest BCUT2D eigenvalue weighted by molar-refractivity contribution is 5.69. The molecule has 0 spiro atoms. The number of ether oxygens (including phenoxy) is 2. The van der Waals surface area contributed by atoms with Crippen LogP contribution in [0.3, 0.4) is 0 Å². The number of nitrogens with zero attached hydrogens (tertiary/aromatic N) is 3. The van der Waals surface area contributed by atoms with E-state index in [4.69, 9.17) is 15.0 Å². The van der Waals surface area contributed by atoms with Crippen molar-refractivity contribution in [3.63, 3.8) is 0 Å². The Bertz CT molecular complexity index is 910. The molecule has 0 aromatic rings. The first-order valence-electron chi connectivity index (χ1n) is 13.9. The molecule has 0 saturated heterocycles. The summed E-state index contributed by atoms with van der Waals surface area (Å²) in [4.78, 5) is 14.5. The molecule has 0 aliphatic heterocycles. The largest absolute Gasteiger partial charge is 0.469 e. The second-order valence-corrected chi connectivity index (χ2v) is 12.9. The maximum absolute atomic E-state index is 11.8. The number of azide groups is 1. The van der Waals surface area contributed by atoms with Crippen LogP contribution >= 0.6 is 0 Å². The maximum atomic E-state index is 11.8. The predicted molar refractivity (Wildman–Crippen MR) is 134 cm³/mol. The van der Waals surface area contributed by atoms with Crippen molar-refractivity contribution < 1.29 is 34.7 Å². The normalized spacial score (nSPS) is 45.1. The summed E-state index contributed by atoms with van der Waals surface area (Å²) in [6.45, 7) is 6.67. The third-order valence-corrected chi connectivity index (χ3v) is 11.3. The van der Waals surface area contributed by atoms with E-state index in [1.165, 1.54) is 7.11 Å². The Morgan fingerprint density at radius 1 is 1.16 bits per heavy atom. The van der Waals surface area contributed by atoms with Gasteiger partial charge in [-0.2, -0.15) is 0 Å². The monoisotopic (exact) mass is 523 g/mol. The Hall–Kier alpha value is -1.42. The molecule has 0 heterocycles. The number of methoxy groups -OCH3 is 1. The van der Waals surface area contributed by atoms with Crippen molar-refractivity contribution in [2.45, 2.75) is 96.2 Å². The van der Waals surface area contributed by atoms with Crippen molar-refractivity contribution in [1.29, 1.82) is 0 Å². The Morgan fingerprint density at radius 3 is 2.57 bits per heavy atom. The van der Waals surface area contributed by atoms with E-state index >= 15 is 0 Å². The summed E-state index contributed by atoms with van der Waals surface area (Å²) in [7, 11) is 1.39. The van der Waals surface area contributed by atoms with Crippen molar-refractivity contribution in [2.75, 3.05) is 20.3 Å². The van der Waals surface area contributed by atoms with Gasteiger partial charge in [0, 0.05) is 43.1 Å². The Kier molecular flexibility index (Phi) is 7.94. The van der Waals surface area contributed by atoms with Gasteiger partial charge < -0.3 is 29.9 Å². The van der Waals surface area contributed by atoms with E-state index in [2.05, 4.69) is 30.8 Å². The van der Waals surface area contributed by atoms with Crippen LogP contribution in [0, 0.1) is 46.3 Å². The zero-order valence-electron chi connectivity index (χ0n) is 22.7. The molecule has 0 aromatic heterocycles. The first-order chi connectivity index (χ1) is 17.3. The highest BCUT2D eigenvalue weighted by Gasteiger charge is 2.69. The number of hydrogen-bond acceptors (Lipinski definition) is 8. The minimum atomic E-state index is -1.91. The lowest BCUT2D eigenvalue weighted by Gasteiger charge is -2.65. The topological polar surface area (TPSA) is 165 Å². The summed E-state index contributed by atoms with van der Waals surface area (Å²) in [5.74, 6) is -3.84. The Balaban J connectivity index is 1.55. The number of fused-ring (bicyclic) bond motifs is 5. The average Bonchev–Trinajstić information content (AvgIpc) is 3.20. The second kappa shape index (κ2) is 10.3.